The van der Waals surface area contributed by atoms with Gasteiger partial charge in [-0.1, -0.05) is 0 Å². The van der Waals surface area contributed by atoms with Crippen LogP contribution < -0.4 is 0 Å². The number of nitriles is 1. The molecule has 74 valence electrons. The zero-order valence-corrected chi connectivity index (χ0v) is 8.66. The predicted molar refractivity (Wildman–Crippen MR) is 51.3 cm³/mol. The Hall–Kier alpha value is -0.590. The van der Waals surface area contributed by atoms with Gasteiger partial charge in [-0.15, -0.1) is 0 Å². The summed E-state index contributed by atoms with van der Waals surface area (Å²) in [6, 6.07) is 2.57. The standard InChI is InChI=1S/C10H18N2O/c1-8(4-5-11)12-6-9(2)13-10(3)7-12/h8-10H,4,6-7H2,1-3H3. The van der Waals surface area contributed by atoms with Crippen LogP contribution in [0.4, 0.5) is 0 Å². The molecule has 0 aromatic heterocycles. The van der Waals surface area contributed by atoms with E-state index in [1.165, 1.54) is 0 Å². The molecule has 0 saturated carbocycles. The summed E-state index contributed by atoms with van der Waals surface area (Å²) in [4.78, 5) is 2.34. The molecule has 0 aliphatic carbocycles. The van der Waals surface area contributed by atoms with Crippen molar-refractivity contribution in [3.8, 4) is 6.07 Å². The molecule has 1 saturated heterocycles. The van der Waals surface area contributed by atoms with Crippen molar-refractivity contribution in [1.82, 2.24) is 4.90 Å². The fourth-order valence-electron chi connectivity index (χ4n) is 1.84. The number of nitrogens with zero attached hydrogens (tertiary/aromatic N) is 2. The number of hydrogen-bond donors (Lipinski definition) is 0. The van der Waals surface area contributed by atoms with Crippen molar-refractivity contribution in [3.63, 3.8) is 0 Å². The first-order valence-electron chi connectivity index (χ1n) is 4.90. The van der Waals surface area contributed by atoms with Gasteiger partial charge < -0.3 is 4.74 Å². The maximum atomic E-state index is 8.59. The normalized spacial score (nSPS) is 32.5. The molecule has 3 atom stereocenters. The van der Waals surface area contributed by atoms with Crippen molar-refractivity contribution >= 4 is 0 Å². The minimum absolute atomic E-state index is 0.296. The number of rotatable bonds is 2. The van der Waals surface area contributed by atoms with Crippen molar-refractivity contribution in [2.45, 2.75) is 45.4 Å². The molecule has 0 bridgehead atoms. The second-order valence-corrected chi connectivity index (χ2v) is 3.92. The van der Waals surface area contributed by atoms with Gasteiger partial charge in [-0.25, -0.2) is 0 Å². The quantitative estimate of drug-likeness (QED) is 0.647. The maximum absolute atomic E-state index is 8.59. The maximum Gasteiger partial charge on any atom is 0.0678 e. The molecule has 0 spiro atoms. The Kier molecular flexibility index (Phi) is 3.71. The summed E-state index contributed by atoms with van der Waals surface area (Å²) >= 11 is 0. The molecule has 0 aromatic carbocycles. The first-order chi connectivity index (χ1) is 6.13. The third kappa shape index (κ3) is 2.98. The predicted octanol–water partition coefficient (Wildman–Crippen LogP) is 1.40. The highest BCUT2D eigenvalue weighted by atomic mass is 16.5. The van der Waals surface area contributed by atoms with Crippen LogP contribution in [0.3, 0.4) is 0 Å². The number of morpholine rings is 1. The lowest BCUT2D eigenvalue weighted by atomic mass is 10.1. The lowest BCUT2D eigenvalue weighted by molar-refractivity contribution is -0.0778. The first-order valence-corrected chi connectivity index (χ1v) is 4.90. The Morgan fingerprint density at radius 1 is 1.46 bits per heavy atom. The highest BCUT2D eigenvalue weighted by Gasteiger charge is 2.25. The monoisotopic (exact) mass is 182 g/mol. The van der Waals surface area contributed by atoms with Gasteiger partial charge >= 0.3 is 0 Å². The van der Waals surface area contributed by atoms with E-state index < -0.39 is 0 Å². The molecule has 0 amide bonds. The van der Waals surface area contributed by atoms with Crippen LogP contribution in [0.25, 0.3) is 0 Å². The lowest BCUT2D eigenvalue weighted by Gasteiger charge is -2.38. The molecule has 0 aromatic rings. The van der Waals surface area contributed by atoms with Crippen LogP contribution in [0.1, 0.15) is 27.2 Å². The van der Waals surface area contributed by atoms with Gasteiger partial charge in [0.15, 0.2) is 0 Å². The molecule has 3 nitrogen and oxygen atoms in total. The van der Waals surface area contributed by atoms with Crippen LogP contribution in [-0.4, -0.2) is 36.2 Å². The van der Waals surface area contributed by atoms with Gasteiger partial charge in [0.25, 0.3) is 0 Å². The Labute approximate surface area is 80.3 Å². The van der Waals surface area contributed by atoms with Crippen LogP contribution in [-0.2, 0) is 4.74 Å². The molecule has 1 heterocycles. The number of ether oxygens (including phenoxy) is 1. The van der Waals surface area contributed by atoms with Crippen LogP contribution in [0.5, 0.6) is 0 Å². The lowest BCUT2D eigenvalue weighted by Crippen LogP contribution is -2.49. The van der Waals surface area contributed by atoms with Crippen LogP contribution in [0.15, 0.2) is 0 Å². The topological polar surface area (TPSA) is 36.3 Å². The summed E-state index contributed by atoms with van der Waals surface area (Å²) in [5.74, 6) is 0. The van der Waals surface area contributed by atoms with Crippen LogP contribution >= 0.6 is 0 Å². The van der Waals surface area contributed by atoms with Gasteiger partial charge in [0.05, 0.1) is 24.7 Å². The Balaban J connectivity index is 2.45. The Morgan fingerprint density at radius 2 is 2.00 bits per heavy atom. The van der Waals surface area contributed by atoms with Gasteiger partial charge in [-0.05, 0) is 20.8 Å². The van der Waals surface area contributed by atoms with Crippen molar-refractivity contribution < 1.29 is 4.74 Å². The van der Waals surface area contributed by atoms with E-state index in [-0.39, 0.29) is 0 Å². The van der Waals surface area contributed by atoms with E-state index in [0.29, 0.717) is 24.7 Å². The second kappa shape index (κ2) is 4.59. The summed E-state index contributed by atoms with van der Waals surface area (Å²) in [5, 5.41) is 8.59. The highest BCUT2D eigenvalue weighted by molar-refractivity contribution is 4.83. The Bertz CT molecular complexity index is 190. The summed E-state index contributed by atoms with van der Waals surface area (Å²) in [6.07, 6.45) is 1.20. The molecular weight excluding hydrogens is 164 g/mol. The minimum atomic E-state index is 0.296. The average molecular weight is 182 g/mol. The Morgan fingerprint density at radius 3 is 2.46 bits per heavy atom. The third-order valence-electron chi connectivity index (χ3n) is 2.46. The molecular formula is C10H18N2O. The van der Waals surface area contributed by atoms with E-state index in [9.17, 15) is 0 Å². The van der Waals surface area contributed by atoms with Gasteiger partial charge in [0.1, 0.15) is 0 Å². The van der Waals surface area contributed by atoms with Crippen molar-refractivity contribution in [2.75, 3.05) is 13.1 Å². The molecule has 1 aliphatic rings. The van der Waals surface area contributed by atoms with E-state index in [0.717, 1.165) is 13.1 Å². The molecule has 1 rings (SSSR count). The zero-order chi connectivity index (χ0) is 9.84. The third-order valence-corrected chi connectivity index (χ3v) is 2.46. The SMILES string of the molecule is CC1CN(C(C)CC#N)CC(C)O1. The van der Waals surface area contributed by atoms with E-state index in [2.05, 4.69) is 31.7 Å². The zero-order valence-electron chi connectivity index (χ0n) is 8.66. The fraction of sp³-hybridized carbons (Fsp3) is 0.900. The van der Waals surface area contributed by atoms with E-state index in [1.54, 1.807) is 0 Å². The van der Waals surface area contributed by atoms with Crippen molar-refractivity contribution in [2.24, 2.45) is 0 Å². The van der Waals surface area contributed by atoms with Gasteiger partial charge in [-0.3, -0.25) is 4.90 Å². The van der Waals surface area contributed by atoms with E-state index >= 15 is 0 Å². The molecule has 13 heavy (non-hydrogen) atoms. The van der Waals surface area contributed by atoms with Crippen molar-refractivity contribution in [1.29, 1.82) is 5.26 Å². The van der Waals surface area contributed by atoms with E-state index in [4.69, 9.17) is 10.00 Å². The van der Waals surface area contributed by atoms with Gasteiger partial charge in [0.2, 0.25) is 0 Å². The summed E-state index contributed by atoms with van der Waals surface area (Å²) in [6.45, 7) is 8.18. The molecule has 0 N–H and O–H groups in total. The molecule has 0 radical (unpaired) electrons. The van der Waals surface area contributed by atoms with Crippen molar-refractivity contribution in [3.05, 3.63) is 0 Å². The summed E-state index contributed by atoms with van der Waals surface area (Å²) in [5.41, 5.74) is 0. The molecule has 3 unspecified atom stereocenters. The molecule has 3 heteroatoms. The minimum Gasteiger partial charge on any atom is -0.373 e. The van der Waals surface area contributed by atoms with Crippen LogP contribution in [0, 0.1) is 11.3 Å². The van der Waals surface area contributed by atoms with Crippen LogP contribution in [0.2, 0.25) is 0 Å². The smallest absolute Gasteiger partial charge is 0.0678 e. The summed E-state index contributed by atoms with van der Waals surface area (Å²) in [7, 11) is 0. The largest absolute Gasteiger partial charge is 0.373 e. The van der Waals surface area contributed by atoms with Gasteiger partial charge in [-0.2, -0.15) is 5.26 Å². The van der Waals surface area contributed by atoms with E-state index in [1.807, 2.05) is 0 Å². The molecule has 1 fully saturated rings. The molecule has 1 aliphatic heterocycles. The second-order valence-electron chi connectivity index (χ2n) is 3.92. The fourth-order valence-corrected chi connectivity index (χ4v) is 1.84. The average Bonchev–Trinajstić information content (AvgIpc) is 2.03. The number of hydrogen-bond acceptors (Lipinski definition) is 3. The van der Waals surface area contributed by atoms with Gasteiger partial charge in [0, 0.05) is 19.1 Å². The highest BCUT2D eigenvalue weighted by Crippen LogP contribution is 2.14. The first kappa shape index (κ1) is 10.5. The summed E-state index contributed by atoms with van der Waals surface area (Å²) < 4.78 is 5.62.